The first-order valence-corrected chi connectivity index (χ1v) is 9.35. The molecule has 0 aliphatic carbocycles. The maximum atomic E-state index is 12.5. The summed E-state index contributed by atoms with van der Waals surface area (Å²) in [6.45, 7) is 0. The molecule has 1 heterocycles. The molecule has 2 aromatic carbocycles. The van der Waals surface area contributed by atoms with Crippen molar-refractivity contribution in [3.05, 3.63) is 86.6 Å². The topological polar surface area (TPSA) is 72.2 Å². The van der Waals surface area contributed by atoms with E-state index >= 15 is 0 Å². The van der Waals surface area contributed by atoms with Gasteiger partial charge in [-0.05, 0) is 40.6 Å². The Morgan fingerprint density at radius 1 is 1.12 bits per heavy atom. The molecule has 0 fully saturated rings. The summed E-state index contributed by atoms with van der Waals surface area (Å²) in [6, 6.07) is 15.4. The number of carbonyl (C=O) groups is 1. The van der Waals surface area contributed by atoms with E-state index in [1.54, 1.807) is 41.3 Å². The van der Waals surface area contributed by atoms with E-state index in [2.05, 4.69) is 16.8 Å². The third-order valence-corrected chi connectivity index (χ3v) is 5.33. The molecule has 5 nitrogen and oxygen atoms in total. The van der Waals surface area contributed by atoms with Crippen LogP contribution in [0, 0.1) is 10.1 Å². The number of hydrogen-bond acceptors (Lipinski definition) is 5. The lowest BCUT2D eigenvalue weighted by molar-refractivity contribution is -0.385. The summed E-state index contributed by atoms with van der Waals surface area (Å²) in [4.78, 5) is 24.0. The summed E-state index contributed by atoms with van der Waals surface area (Å²) in [5.74, 6) is 0.304. The number of para-hydroxylation sites is 2. The van der Waals surface area contributed by atoms with Gasteiger partial charge in [-0.15, -0.1) is 11.8 Å². The van der Waals surface area contributed by atoms with Crippen molar-refractivity contribution in [1.82, 2.24) is 0 Å². The summed E-state index contributed by atoms with van der Waals surface area (Å²) in [6.07, 6.45) is 0. The summed E-state index contributed by atoms with van der Waals surface area (Å²) < 4.78 is 0. The van der Waals surface area contributed by atoms with E-state index in [0.717, 1.165) is 10.6 Å². The fourth-order valence-electron chi connectivity index (χ4n) is 2.25. The van der Waals surface area contributed by atoms with Gasteiger partial charge >= 0.3 is 0 Å². The Morgan fingerprint density at radius 3 is 2.64 bits per heavy atom. The molecule has 0 unspecified atom stereocenters. The van der Waals surface area contributed by atoms with Gasteiger partial charge in [0.25, 0.3) is 11.6 Å². The molecule has 25 heavy (non-hydrogen) atoms. The zero-order valence-corrected chi connectivity index (χ0v) is 14.7. The Labute approximate surface area is 152 Å². The fourth-order valence-corrected chi connectivity index (χ4v) is 3.97. The van der Waals surface area contributed by atoms with Gasteiger partial charge in [0.05, 0.1) is 10.6 Å². The second-order valence-corrected chi connectivity index (χ2v) is 6.94. The van der Waals surface area contributed by atoms with Gasteiger partial charge in [-0.3, -0.25) is 14.9 Å². The number of rotatable bonds is 6. The number of anilines is 1. The molecule has 0 aliphatic heterocycles. The highest BCUT2D eigenvalue weighted by Crippen LogP contribution is 2.31. The van der Waals surface area contributed by atoms with Crippen molar-refractivity contribution >= 4 is 40.4 Å². The van der Waals surface area contributed by atoms with Crippen LogP contribution in [-0.4, -0.2) is 10.8 Å². The number of nitro groups is 1. The predicted octanol–water partition coefficient (Wildman–Crippen LogP) is 5.20. The van der Waals surface area contributed by atoms with Gasteiger partial charge in [-0.2, -0.15) is 11.3 Å². The molecular formula is C18H14N2O3S2. The number of thioether (sulfide) groups is 1. The van der Waals surface area contributed by atoms with Gasteiger partial charge in [0.2, 0.25) is 0 Å². The minimum atomic E-state index is -0.549. The van der Waals surface area contributed by atoms with E-state index in [9.17, 15) is 14.9 Å². The molecule has 0 bridgehead atoms. The van der Waals surface area contributed by atoms with E-state index < -0.39 is 10.8 Å². The number of hydrogen-bond donors (Lipinski definition) is 1. The number of benzene rings is 2. The Bertz CT molecular complexity index is 895. The molecule has 0 saturated carbocycles. The van der Waals surface area contributed by atoms with Gasteiger partial charge in [0, 0.05) is 16.7 Å². The Kier molecular flexibility index (Phi) is 5.47. The number of carbonyl (C=O) groups excluding carboxylic acids is 1. The Balaban J connectivity index is 1.79. The highest BCUT2D eigenvalue weighted by molar-refractivity contribution is 7.98. The molecule has 0 atom stereocenters. The molecule has 0 saturated heterocycles. The van der Waals surface area contributed by atoms with Crippen molar-refractivity contribution in [3.63, 3.8) is 0 Å². The normalized spacial score (nSPS) is 10.4. The molecule has 0 aliphatic rings. The number of thiophene rings is 1. The molecule has 0 radical (unpaired) electrons. The average molecular weight is 370 g/mol. The number of amides is 1. The fraction of sp³-hybridized carbons (Fsp3) is 0.0556. The third-order valence-electron chi connectivity index (χ3n) is 3.46. The molecule has 1 aromatic heterocycles. The summed E-state index contributed by atoms with van der Waals surface area (Å²) in [5, 5.41) is 18.0. The minimum Gasteiger partial charge on any atom is -0.321 e. The summed E-state index contributed by atoms with van der Waals surface area (Å²) in [7, 11) is 0. The molecule has 3 rings (SSSR count). The van der Waals surface area contributed by atoms with Crippen LogP contribution in [0.3, 0.4) is 0 Å². The first-order chi connectivity index (χ1) is 12.1. The van der Waals surface area contributed by atoms with Crippen LogP contribution in [0.1, 0.15) is 15.9 Å². The van der Waals surface area contributed by atoms with Crippen molar-refractivity contribution in [2.45, 2.75) is 10.6 Å². The molecular weight excluding hydrogens is 356 g/mol. The van der Waals surface area contributed by atoms with E-state index in [1.165, 1.54) is 17.7 Å². The van der Waals surface area contributed by atoms with Gasteiger partial charge in [-0.25, -0.2) is 0 Å². The van der Waals surface area contributed by atoms with Crippen molar-refractivity contribution in [3.8, 4) is 0 Å². The van der Waals surface area contributed by atoms with Crippen LogP contribution >= 0.6 is 23.1 Å². The Morgan fingerprint density at radius 2 is 1.88 bits per heavy atom. The zero-order valence-electron chi connectivity index (χ0n) is 13.0. The SMILES string of the molecule is O=C(Nc1ccccc1SCc1ccsc1)c1ccccc1[N+](=O)[O-]. The first-order valence-electron chi connectivity index (χ1n) is 7.43. The zero-order chi connectivity index (χ0) is 17.6. The second-order valence-electron chi connectivity index (χ2n) is 5.14. The first kappa shape index (κ1) is 17.2. The third kappa shape index (κ3) is 4.26. The van der Waals surface area contributed by atoms with Crippen LogP contribution in [0.15, 0.2) is 70.3 Å². The minimum absolute atomic E-state index is 0.0464. The smallest absolute Gasteiger partial charge is 0.282 e. The Hall–Kier alpha value is -2.64. The van der Waals surface area contributed by atoms with E-state index in [4.69, 9.17) is 0 Å². The largest absolute Gasteiger partial charge is 0.321 e. The van der Waals surface area contributed by atoms with Crippen LogP contribution in [0.25, 0.3) is 0 Å². The quantitative estimate of drug-likeness (QED) is 0.368. The number of nitrogens with one attached hydrogen (secondary N) is 1. The maximum absolute atomic E-state index is 12.5. The predicted molar refractivity (Wildman–Crippen MR) is 101 cm³/mol. The molecule has 126 valence electrons. The van der Waals surface area contributed by atoms with Gasteiger partial charge in [0.15, 0.2) is 0 Å². The number of nitrogens with zero attached hydrogens (tertiary/aromatic N) is 1. The number of nitro benzene ring substituents is 1. The van der Waals surface area contributed by atoms with Crippen molar-refractivity contribution in [2.75, 3.05) is 5.32 Å². The van der Waals surface area contributed by atoms with E-state index in [-0.39, 0.29) is 11.3 Å². The van der Waals surface area contributed by atoms with E-state index in [0.29, 0.717) is 5.69 Å². The van der Waals surface area contributed by atoms with Crippen molar-refractivity contribution in [1.29, 1.82) is 0 Å². The van der Waals surface area contributed by atoms with Crippen LogP contribution in [0.2, 0.25) is 0 Å². The second kappa shape index (κ2) is 7.96. The lowest BCUT2D eigenvalue weighted by Gasteiger charge is -2.10. The molecule has 3 aromatic rings. The lowest BCUT2D eigenvalue weighted by Crippen LogP contribution is -2.14. The summed E-state index contributed by atoms with van der Waals surface area (Å²) >= 11 is 3.25. The van der Waals surface area contributed by atoms with Crippen LogP contribution in [-0.2, 0) is 5.75 Å². The lowest BCUT2D eigenvalue weighted by atomic mass is 10.1. The van der Waals surface area contributed by atoms with Crippen molar-refractivity contribution < 1.29 is 9.72 Å². The standard InChI is InChI=1S/C18H14N2O3S2/c21-18(14-5-1-3-7-16(14)20(22)23)19-15-6-2-4-8-17(15)25-12-13-9-10-24-11-13/h1-11H,12H2,(H,19,21). The van der Waals surface area contributed by atoms with Gasteiger partial charge in [0.1, 0.15) is 5.56 Å². The highest BCUT2D eigenvalue weighted by Gasteiger charge is 2.19. The van der Waals surface area contributed by atoms with Crippen LogP contribution in [0.5, 0.6) is 0 Å². The molecule has 1 N–H and O–H groups in total. The summed E-state index contributed by atoms with van der Waals surface area (Å²) in [5.41, 5.74) is 1.70. The molecule has 0 spiro atoms. The molecule has 7 heteroatoms. The monoisotopic (exact) mass is 370 g/mol. The molecule has 1 amide bonds. The van der Waals surface area contributed by atoms with Crippen LogP contribution < -0.4 is 5.32 Å². The maximum Gasteiger partial charge on any atom is 0.282 e. The average Bonchev–Trinajstić information content (AvgIpc) is 3.14. The van der Waals surface area contributed by atoms with Gasteiger partial charge < -0.3 is 5.32 Å². The van der Waals surface area contributed by atoms with E-state index in [1.807, 2.05) is 23.6 Å². The van der Waals surface area contributed by atoms with Crippen molar-refractivity contribution in [2.24, 2.45) is 0 Å². The highest BCUT2D eigenvalue weighted by atomic mass is 32.2. The van der Waals surface area contributed by atoms with Gasteiger partial charge in [-0.1, -0.05) is 24.3 Å². The van der Waals surface area contributed by atoms with Crippen LogP contribution in [0.4, 0.5) is 11.4 Å².